The van der Waals surface area contributed by atoms with E-state index in [1.807, 2.05) is 0 Å². The minimum atomic E-state index is -0.533. The fourth-order valence-corrected chi connectivity index (χ4v) is 0.973. The number of rotatable bonds is 2. The van der Waals surface area contributed by atoms with Crippen LogP contribution in [-0.4, -0.2) is 19.2 Å². The average molecular weight is 181 g/mol. The van der Waals surface area contributed by atoms with Crippen molar-refractivity contribution in [3.05, 3.63) is 35.1 Å². The molecule has 1 rings (SSSR count). The molecule has 0 radical (unpaired) electrons. The second kappa shape index (κ2) is 3.80. The Morgan fingerprint density at radius 3 is 2.77 bits per heavy atom. The van der Waals surface area contributed by atoms with Crippen molar-refractivity contribution >= 4 is 12.2 Å². The molecule has 0 heterocycles. The van der Waals surface area contributed by atoms with Gasteiger partial charge in [0.05, 0.1) is 5.56 Å². The van der Waals surface area contributed by atoms with E-state index in [1.54, 1.807) is 0 Å². The second-order valence-electron chi connectivity index (χ2n) is 2.43. The van der Waals surface area contributed by atoms with Gasteiger partial charge in [0.1, 0.15) is 5.82 Å². The molecule has 1 amide bonds. The molecule has 1 aromatic carbocycles. The lowest BCUT2D eigenvalue weighted by Crippen LogP contribution is -2.19. The fraction of sp³-hybridized carbons (Fsp3) is 0.111. The zero-order valence-corrected chi connectivity index (χ0v) is 7.00. The third-order valence-electron chi connectivity index (χ3n) is 1.61. The van der Waals surface area contributed by atoms with Gasteiger partial charge in [0.2, 0.25) is 0 Å². The zero-order chi connectivity index (χ0) is 9.84. The SMILES string of the molecule is CNC(=O)c1ccc(F)cc1C=O. The van der Waals surface area contributed by atoms with Crippen LogP contribution in [0.15, 0.2) is 18.2 Å². The quantitative estimate of drug-likeness (QED) is 0.692. The Balaban J connectivity index is 3.20. The molecule has 0 saturated carbocycles. The number of benzene rings is 1. The number of hydrogen-bond acceptors (Lipinski definition) is 2. The largest absolute Gasteiger partial charge is 0.355 e. The number of hydrogen-bond donors (Lipinski definition) is 1. The van der Waals surface area contributed by atoms with Crippen LogP contribution in [0.4, 0.5) is 4.39 Å². The molecule has 3 nitrogen and oxygen atoms in total. The van der Waals surface area contributed by atoms with E-state index in [0.29, 0.717) is 6.29 Å². The van der Waals surface area contributed by atoms with Crippen molar-refractivity contribution in [1.29, 1.82) is 0 Å². The topological polar surface area (TPSA) is 46.2 Å². The molecule has 0 bridgehead atoms. The Morgan fingerprint density at radius 1 is 1.54 bits per heavy atom. The fourth-order valence-electron chi connectivity index (χ4n) is 0.973. The Hall–Kier alpha value is -1.71. The van der Waals surface area contributed by atoms with Crippen molar-refractivity contribution in [2.45, 2.75) is 0 Å². The molecule has 0 fully saturated rings. The van der Waals surface area contributed by atoms with Crippen molar-refractivity contribution in [1.82, 2.24) is 5.32 Å². The van der Waals surface area contributed by atoms with Crippen LogP contribution in [0, 0.1) is 5.82 Å². The van der Waals surface area contributed by atoms with Gasteiger partial charge in [-0.25, -0.2) is 4.39 Å². The normalized spacial score (nSPS) is 9.38. The summed E-state index contributed by atoms with van der Waals surface area (Å²) < 4.78 is 12.6. The summed E-state index contributed by atoms with van der Waals surface area (Å²) in [6, 6.07) is 3.44. The van der Waals surface area contributed by atoms with Crippen LogP contribution in [0.1, 0.15) is 20.7 Å². The van der Waals surface area contributed by atoms with Gasteiger partial charge in [-0.2, -0.15) is 0 Å². The zero-order valence-electron chi connectivity index (χ0n) is 7.00. The van der Waals surface area contributed by atoms with Crippen LogP contribution in [-0.2, 0) is 0 Å². The molecule has 0 spiro atoms. The maximum atomic E-state index is 12.6. The molecule has 4 heteroatoms. The van der Waals surface area contributed by atoms with Crippen LogP contribution in [0.2, 0.25) is 0 Å². The van der Waals surface area contributed by atoms with E-state index in [-0.39, 0.29) is 11.1 Å². The smallest absolute Gasteiger partial charge is 0.251 e. The van der Waals surface area contributed by atoms with Crippen LogP contribution in [0.5, 0.6) is 0 Å². The summed E-state index contributed by atoms with van der Waals surface area (Å²) in [5, 5.41) is 2.36. The van der Waals surface area contributed by atoms with Gasteiger partial charge >= 0.3 is 0 Å². The first-order chi connectivity index (χ1) is 6.19. The Kier molecular flexibility index (Phi) is 2.74. The first kappa shape index (κ1) is 9.38. The van der Waals surface area contributed by atoms with Crippen LogP contribution in [0.3, 0.4) is 0 Å². The van der Waals surface area contributed by atoms with Gasteiger partial charge in [-0.15, -0.1) is 0 Å². The minimum Gasteiger partial charge on any atom is -0.355 e. The van der Waals surface area contributed by atoms with Gasteiger partial charge in [0.25, 0.3) is 5.91 Å². The van der Waals surface area contributed by atoms with Crippen molar-refractivity contribution in [2.24, 2.45) is 0 Å². The van der Waals surface area contributed by atoms with Crippen molar-refractivity contribution in [3.8, 4) is 0 Å². The molecule has 13 heavy (non-hydrogen) atoms. The molecule has 0 atom stereocenters. The van der Waals surface area contributed by atoms with Gasteiger partial charge in [-0.05, 0) is 18.2 Å². The van der Waals surface area contributed by atoms with Gasteiger partial charge in [-0.1, -0.05) is 0 Å². The number of carbonyl (C=O) groups excluding carboxylic acids is 2. The highest BCUT2D eigenvalue weighted by atomic mass is 19.1. The monoisotopic (exact) mass is 181 g/mol. The Bertz CT molecular complexity index is 349. The van der Waals surface area contributed by atoms with E-state index >= 15 is 0 Å². The van der Waals surface area contributed by atoms with E-state index in [4.69, 9.17) is 0 Å². The standard InChI is InChI=1S/C9H8FNO2/c1-11-9(13)8-3-2-7(10)4-6(8)5-12/h2-5H,1H3,(H,11,13). The maximum Gasteiger partial charge on any atom is 0.251 e. The van der Waals surface area contributed by atoms with E-state index < -0.39 is 11.7 Å². The Labute approximate surface area is 74.6 Å². The average Bonchev–Trinajstić information content (AvgIpc) is 2.16. The molecule has 0 aromatic heterocycles. The number of carbonyl (C=O) groups is 2. The lowest BCUT2D eigenvalue weighted by Gasteiger charge is -2.02. The predicted octanol–water partition coefficient (Wildman–Crippen LogP) is 0.998. The first-order valence-electron chi connectivity index (χ1n) is 3.66. The number of halogens is 1. The van der Waals surface area contributed by atoms with Crippen molar-refractivity contribution < 1.29 is 14.0 Å². The van der Waals surface area contributed by atoms with Gasteiger partial charge in [-0.3, -0.25) is 9.59 Å². The highest BCUT2D eigenvalue weighted by Crippen LogP contribution is 2.08. The highest BCUT2D eigenvalue weighted by molar-refractivity contribution is 6.01. The van der Waals surface area contributed by atoms with E-state index in [1.165, 1.54) is 13.1 Å². The molecule has 0 unspecified atom stereocenters. The minimum absolute atomic E-state index is 0.0550. The van der Waals surface area contributed by atoms with Gasteiger partial charge in [0, 0.05) is 12.6 Å². The number of nitrogens with one attached hydrogen (secondary N) is 1. The highest BCUT2D eigenvalue weighted by Gasteiger charge is 2.09. The second-order valence-corrected chi connectivity index (χ2v) is 2.43. The Morgan fingerprint density at radius 2 is 2.23 bits per heavy atom. The molecule has 68 valence electrons. The molecule has 1 aromatic rings. The van der Waals surface area contributed by atoms with E-state index in [9.17, 15) is 14.0 Å². The summed E-state index contributed by atoms with van der Waals surface area (Å²) in [6.45, 7) is 0. The lowest BCUT2D eigenvalue weighted by atomic mass is 10.1. The summed E-state index contributed by atoms with van der Waals surface area (Å²) in [4.78, 5) is 21.6. The summed E-state index contributed by atoms with van der Waals surface area (Å²) >= 11 is 0. The lowest BCUT2D eigenvalue weighted by molar-refractivity contribution is 0.0957. The third kappa shape index (κ3) is 1.90. The van der Waals surface area contributed by atoms with Crippen LogP contribution < -0.4 is 5.32 Å². The van der Waals surface area contributed by atoms with Crippen molar-refractivity contribution in [3.63, 3.8) is 0 Å². The molecule has 0 aliphatic carbocycles. The summed E-state index contributed by atoms with van der Waals surface area (Å²) in [5.74, 6) is -0.933. The van der Waals surface area contributed by atoms with E-state index in [0.717, 1.165) is 12.1 Å². The summed E-state index contributed by atoms with van der Waals surface area (Å²) in [5.41, 5.74) is 0.234. The maximum absolute atomic E-state index is 12.6. The number of amides is 1. The molecular formula is C9H8FNO2. The summed E-state index contributed by atoms with van der Waals surface area (Å²) in [7, 11) is 1.44. The first-order valence-corrected chi connectivity index (χ1v) is 3.66. The van der Waals surface area contributed by atoms with Crippen LogP contribution >= 0.6 is 0 Å². The molecule has 0 aliphatic rings. The van der Waals surface area contributed by atoms with Crippen molar-refractivity contribution in [2.75, 3.05) is 7.05 Å². The molecule has 0 saturated heterocycles. The van der Waals surface area contributed by atoms with Gasteiger partial charge in [0.15, 0.2) is 6.29 Å². The molecular weight excluding hydrogens is 173 g/mol. The number of aldehydes is 1. The molecule has 0 aliphatic heterocycles. The van der Waals surface area contributed by atoms with E-state index in [2.05, 4.69) is 5.32 Å². The third-order valence-corrected chi connectivity index (χ3v) is 1.61. The molecule has 1 N–H and O–H groups in total. The van der Waals surface area contributed by atoms with Gasteiger partial charge < -0.3 is 5.32 Å². The predicted molar refractivity (Wildman–Crippen MR) is 45.2 cm³/mol. The summed E-state index contributed by atoms with van der Waals surface area (Å²) in [6.07, 6.45) is 0.452. The van der Waals surface area contributed by atoms with Crippen LogP contribution in [0.25, 0.3) is 0 Å².